The monoisotopic (exact) mass is 517 g/mol. The normalized spacial score (nSPS) is 18.7. The van der Waals surface area contributed by atoms with Crippen LogP contribution in [0.4, 0.5) is 16.2 Å². The van der Waals surface area contributed by atoms with Gasteiger partial charge in [-0.05, 0) is 36.8 Å². The van der Waals surface area contributed by atoms with Gasteiger partial charge >= 0.3 is 6.09 Å². The van der Waals surface area contributed by atoms with Gasteiger partial charge in [0.2, 0.25) is 10.0 Å². The first-order chi connectivity index (χ1) is 15.2. The van der Waals surface area contributed by atoms with E-state index in [1.54, 1.807) is 30.3 Å². The van der Waals surface area contributed by atoms with E-state index in [0.29, 0.717) is 39.7 Å². The molecule has 1 aliphatic carbocycles. The van der Waals surface area contributed by atoms with Crippen LogP contribution < -0.4 is 14.9 Å². The molecule has 0 aromatic heterocycles. The molecule has 1 aliphatic heterocycles. The Kier molecular flexibility index (Phi) is 8.16. The highest BCUT2D eigenvalue weighted by Gasteiger charge is 2.33. The summed E-state index contributed by atoms with van der Waals surface area (Å²) in [6.45, 7) is 0.338. The fourth-order valence-electron chi connectivity index (χ4n) is 3.09. The number of hydrogen-bond acceptors (Lipinski definition) is 6. The number of cyclic esters (lactones) is 1. The van der Waals surface area contributed by atoms with E-state index in [0.717, 1.165) is 0 Å². The van der Waals surface area contributed by atoms with Gasteiger partial charge < -0.3 is 10.1 Å². The summed E-state index contributed by atoms with van der Waals surface area (Å²) < 4.78 is 31.7. The quantitative estimate of drug-likeness (QED) is 0.384. The highest BCUT2D eigenvalue weighted by molar-refractivity contribution is 7.92. The molecule has 2 amide bonds. The second-order valence-electron chi connectivity index (χ2n) is 7.11. The minimum absolute atomic E-state index is 0.0752. The largest absolute Gasteiger partial charge is 0.442 e. The lowest BCUT2D eigenvalue weighted by atomic mass is 10.0. The molecule has 1 unspecified atom stereocenters. The molecule has 8 nitrogen and oxygen atoms in total. The first-order valence-corrected chi connectivity index (χ1v) is 12.7. The molecule has 2 N–H and O–H groups in total. The van der Waals surface area contributed by atoms with E-state index < -0.39 is 22.2 Å². The lowest BCUT2D eigenvalue weighted by Gasteiger charge is -2.15. The van der Waals surface area contributed by atoms with Gasteiger partial charge in [0, 0.05) is 33.6 Å². The van der Waals surface area contributed by atoms with Gasteiger partial charge in [0.25, 0.3) is 5.91 Å². The van der Waals surface area contributed by atoms with Gasteiger partial charge in [-0.25, -0.2) is 13.2 Å². The number of halogens is 2. The summed E-state index contributed by atoms with van der Waals surface area (Å²) in [5.41, 5.74) is 1.25. The van der Waals surface area contributed by atoms with Gasteiger partial charge in [0.05, 0.1) is 24.4 Å². The number of benzene rings is 1. The molecule has 1 aromatic rings. The van der Waals surface area contributed by atoms with Crippen molar-refractivity contribution in [3.05, 3.63) is 47.0 Å². The van der Waals surface area contributed by atoms with Crippen molar-refractivity contribution in [2.45, 2.75) is 18.9 Å². The van der Waals surface area contributed by atoms with Gasteiger partial charge in [0.15, 0.2) is 0 Å². The second kappa shape index (κ2) is 10.7. The minimum Gasteiger partial charge on any atom is -0.442 e. The molecule has 1 fully saturated rings. The molecule has 3 rings (SSSR count). The minimum atomic E-state index is -3.49. The van der Waals surface area contributed by atoms with Crippen LogP contribution >= 0.6 is 35.4 Å². The average Bonchev–Trinajstić information content (AvgIpc) is 3.13. The Hall–Kier alpha value is -2.14. The van der Waals surface area contributed by atoms with Crippen molar-refractivity contribution in [1.29, 1.82) is 0 Å². The Bertz CT molecular complexity index is 1070. The number of sulfonamides is 1. The van der Waals surface area contributed by atoms with Crippen molar-refractivity contribution < 1.29 is 22.7 Å². The van der Waals surface area contributed by atoms with Crippen LogP contribution in [-0.2, 0) is 19.6 Å². The van der Waals surface area contributed by atoms with E-state index in [-0.39, 0.29) is 30.6 Å². The summed E-state index contributed by atoms with van der Waals surface area (Å²) in [4.78, 5) is 26.6. The van der Waals surface area contributed by atoms with E-state index >= 15 is 0 Å². The first-order valence-electron chi connectivity index (χ1n) is 9.72. The van der Waals surface area contributed by atoms with Crippen molar-refractivity contribution in [3.63, 3.8) is 0 Å². The number of anilines is 2. The van der Waals surface area contributed by atoms with Gasteiger partial charge in [-0.15, -0.1) is 11.6 Å². The zero-order chi connectivity index (χ0) is 23.3. The Morgan fingerprint density at radius 1 is 1.28 bits per heavy atom. The van der Waals surface area contributed by atoms with Crippen LogP contribution in [-0.4, -0.2) is 56.1 Å². The molecule has 32 heavy (non-hydrogen) atoms. The molecule has 2 aliphatic rings. The first kappa shape index (κ1) is 24.5. The summed E-state index contributed by atoms with van der Waals surface area (Å²) in [7, 11) is -3.49. The standard InChI is InChI=1S/C20H21Cl2N3O5S2/c21-8-1-9-32(28,29)24-14-3-5-15(6-4-14)25-12-16(30-20(25)27)11-23-19(26)17-10-13(22)2-7-18(17)31/h2-6,10,16,24H,1,7-9,11-12H2,(H,23,26). The molecule has 1 heterocycles. The van der Waals surface area contributed by atoms with Crippen LogP contribution in [0.15, 0.2) is 47.0 Å². The maximum absolute atomic E-state index is 12.4. The fraction of sp³-hybridized carbons (Fsp3) is 0.350. The number of carbonyl (C=O) groups excluding carboxylic acids is 2. The van der Waals surface area contributed by atoms with E-state index in [1.165, 1.54) is 11.0 Å². The lowest BCUT2D eigenvalue weighted by Crippen LogP contribution is -2.36. The molecule has 0 saturated carbocycles. The summed E-state index contributed by atoms with van der Waals surface area (Å²) in [5, 5.41) is 3.17. The number of amides is 2. The maximum Gasteiger partial charge on any atom is 0.414 e. The highest BCUT2D eigenvalue weighted by Crippen LogP contribution is 2.24. The number of ether oxygens (including phenoxy) is 1. The van der Waals surface area contributed by atoms with Crippen LogP contribution in [0.25, 0.3) is 0 Å². The summed E-state index contributed by atoms with van der Waals surface area (Å²) in [6, 6.07) is 6.34. The molecule has 0 bridgehead atoms. The predicted octanol–water partition coefficient (Wildman–Crippen LogP) is 3.32. The molecule has 12 heteroatoms. The average molecular weight is 518 g/mol. The number of thiocarbonyl (C=S) groups is 1. The van der Waals surface area contributed by atoms with Crippen LogP contribution in [0, 0.1) is 0 Å². The Balaban J connectivity index is 1.56. The van der Waals surface area contributed by atoms with Crippen LogP contribution in [0.5, 0.6) is 0 Å². The lowest BCUT2D eigenvalue weighted by molar-refractivity contribution is -0.117. The van der Waals surface area contributed by atoms with E-state index in [4.69, 9.17) is 40.2 Å². The van der Waals surface area contributed by atoms with Gasteiger partial charge in [-0.3, -0.25) is 14.4 Å². The summed E-state index contributed by atoms with van der Waals surface area (Å²) in [6.07, 6.45) is 2.91. The van der Waals surface area contributed by atoms with E-state index in [9.17, 15) is 18.0 Å². The number of allylic oxidation sites excluding steroid dienone is 3. The third-order valence-corrected chi connectivity index (χ3v) is 6.96. The predicted molar refractivity (Wildman–Crippen MR) is 129 cm³/mol. The highest BCUT2D eigenvalue weighted by atomic mass is 35.5. The third-order valence-electron chi connectivity index (χ3n) is 4.67. The van der Waals surface area contributed by atoms with E-state index in [1.807, 2.05) is 0 Å². The zero-order valence-corrected chi connectivity index (χ0v) is 20.0. The Morgan fingerprint density at radius 3 is 2.69 bits per heavy atom. The smallest absolute Gasteiger partial charge is 0.414 e. The number of alkyl halides is 1. The summed E-state index contributed by atoms with van der Waals surface area (Å²) >= 11 is 16.7. The number of rotatable bonds is 9. The molecule has 0 radical (unpaired) electrons. The van der Waals surface area contributed by atoms with Crippen LogP contribution in [0.2, 0.25) is 0 Å². The van der Waals surface area contributed by atoms with Crippen molar-refractivity contribution in [1.82, 2.24) is 5.32 Å². The molecule has 1 aromatic carbocycles. The molecule has 0 spiro atoms. The van der Waals surface area contributed by atoms with Gasteiger partial charge in [0.1, 0.15) is 6.10 Å². The van der Waals surface area contributed by atoms with Crippen molar-refractivity contribution in [3.8, 4) is 0 Å². The molecule has 1 atom stereocenters. The van der Waals surface area contributed by atoms with Crippen LogP contribution in [0.1, 0.15) is 12.8 Å². The number of nitrogens with zero attached hydrogens (tertiary/aromatic N) is 1. The molecule has 172 valence electrons. The van der Waals surface area contributed by atoms with Gasteiger partial charge in [-0.2, -0.15) is 0 Å². The number of carbonyl (C=O) groups is 2. The summed E-state index contributed by atoms with van der Waals surface area (Å²) in [5.74, 6) is -0.191. The zero-order valence-electron chi connectivity index (χ0n) is 16.8. The topological polar surface area (TPSA) is 105 Å². The third kappa shape index (κ3) is 6.44. The maximum atomic E-state index is 12.4. The number of nitrogens with one attached hydrogen (secondary N) is 2. The molecule has 1 saturated heterocycles. The molecular weight excluding hydrogens is 497 g/mol. The van der Waals surface area contributed by atoms with Gasteiger partial charge in [-0.1, -0.05) is 29.9 Å². The second-order valence-corrected chi connectivity index (χ2v) is 10.3. The Morgan fingerprint density at radius 2 is 2.00 bits per heavy atom. The van der Waals surface area contributed by atoms with E-state index in [2.05, 4.69) is 10.0 Å². The SMILES string of the molecule is O=C(NCC1CN(c2ccc(NS(=O)(=O)CCCCl)cc2)C(=O)O1)C1=CC(Cl)=CCC1=S. The fourth-order valence-corrected chi connectivity index (χ4v) is 4.93. The number of hydrogen-bond donors (Lipinski definition) is 2. The van der Waals surface area contributed by atoms with Crippen molar-refractivity contribution in [2.75, 3.05) is 34.3 Å². The van der Waals surface area contributed by atoms with Crippen molar-refractivity contribution >= 4 is 73.7 Å². The van der Waals surface area contributed by atoms with Crippen LogP contribution in [0.3, 0.4) is 0 Å². The Labute approximate surface area is 201 Å². The van der Waals surface area contributed by atoms with Crippen molar-refractivity contribution in [2.24, 2.45) is 0 Å². The molecular formula is C20H21Cl2N3O5S2.